The summed E-state index contributed by atoms with van der Waals surface area (Å²) >= 11 is 1.50. The van der Waals surface area contributed by atoms with Crippen LogP contribution in [0.1, 0.15) is 11.3 Å². The standard InChI is InChI=1S/C19H16FNO3S/c1-23-17-8-7-13(9-16(17)20)10-18(22)24-11-15-12-25-19(21-15)14-5-3-2-4-6-14/h2-9,12H,10-11H2,1H3. The molecule has 0 aliphatic carbocycles. The minimum absolute atomic E-state index is 0.00338. The first-order valence-electron chi connectivity index (χ1n) is 7.63. The SMILES string of the molecule is COc1ccc(CC(=O)OCc2csc(-c3ccccc3)n2)cc1F. The zero-order valence-corrected chi connectivity index (χ0v) is 14.4. The average molecular weight is 357 g/mol. The second kappa shape index (κ2) is 7.90. The number of rotatable bonds is 6. The van der Waals surface area contributed by atoms with Crippen molar-refractivity contribution in [2.75, 3.05) is 7.11 Å². The second-order valence-electron chi connectivity index (χ2n) is 5.32. The topological polar surface area (TPSA) is 48.4 Å². The summed E-state index contributed by atoms with van der Waals surface area (Å²) < 4.78 is 23.7. The van der Waals surface area contributed by atoms with E-state index in [-0.39, 0.29) is 18.8 Å². The van der Waals surface area contributed by atoms with E-state index in [2.05, 4.69) is 4.98 Å². The molecule has 6 heteroatoms. The minimum Gasteiger partial charge on any atom is -0.494 e. The maximum atomic E-state index is 13.6. The van der Waals surface area contributed by atoms with Crippen LogP contribution in [-0.2, 0) is 22.6 Å². The van der Waals surface area contributed by atoms with E-state index in [1.807, 2.05) is 35.7 Å². The van der Waals surface area contributed by atoms with Crippen LogP contribution in [0, 0.1) is 5.82 Å². The first-order chi connectivity index (χ1) is 12.2. The van der Waals surface area contributed by atoms with Crippen molar-refractivity contribution >= 4 is 17.3 Å². The Labute approximate surface area is 148 Å². The molecule has 25 heavy (non-hydrogen) atoms. The summed E-state index contributed by atoms with van der Waals surface area (Å²) in [5.74, 6) is -0.785. The Morgan fingerprint density at radius 1 is 1.20 bits per heavy atom. The molecule has 3 rings (SSSR count). The van der Waals surface area contributed by atoms with Crippen LogP contribution in [0.3, 0.4) is 0 Å². The zero-order valence-electron chi connectivity index (χ0n) is 13.6. The molecule has 0 saturated heterocycles. The second-order valence-corrected chi connectivity index (χ2v) is 6.17. The highest BCUT2D eigenvalue weighted by atomic mass is 32.1. The third-order valence-electron chi connectivity index (χ3n) is 3.52. The predicted octanol–water partition coefficient (Wildman–Crippen LogP) is 4.24. The van der Waals surface area contributed by atoms with Gasteiger partial charge in [0, 0.05) is 10.9 Å². The van der Waals surface area contributed by atoms with Gasteiger partial charge in [-0.3, -0.25) is 4.79 Å². The van der Waals surface area contributed by atoms with Crippen molar-refractivity contribution in [3.05, 3.63) is 71.0 Å². The Balaban J connectivity index is 1.56. The summed E-state index contributed by atoms with van der Waals surface area (Å²) in [7, 11) is 1.39. The lowest BCUT2D eigenvalue weighted by Crippen LogP contribution is -2.08. The van der Waals surface area contributed by atoms with E-state index in [0.717, 1.165) is 10.6 Å². The number of methoxy groups -OCH3 is 1. The lowest BCUT2D eigenvalue weighted by atomic mass is 10.1. The van der Waals surface area contributed by atoms with Gasteiger partial charge in [0.15, 0.2) is 11.6 Å². The predicted molar refractivity (Wildman–Crippen MR) is 94.0 cm³/mol. The fourth-order valence-corrected chi connectivity index (χ4v) is 3.09. The number of carbonyl (C=O) groups is 1. The Hall–Kier alpha value is -2.73. The van der Waals surface area contributed by atoms with Crippen LogP contribution < -0.4 is 4.74 Å². The van der Waals surface area contributed by atoms with Crippen LogP contribution in [0.4, 0.5) is 4.39 Å². The summed E-state index contributed by atoms with van der Waals surface area (Å²) in [5.41, 5.74) is 2.25. The quantitative estimate of drug-likeness (QED) is 0.619. The number of aromatic nitrogens is 1. The number of ether oxygens (including phenoxy) is 2. The molecule has 0 saturated carbocycles. The van der Waals surface area contributed by atoms with Gasteiger partial charge in [-0.25, -0.2) is 9.37 Å². The van der Waals surface area contributed by atoms with Gasteiger partial charge in [-0.1, -0.05) is 36.4 Å². The molecule has 0 spiro atoms. The van der Waals surface area contributed by atoms with Crippen molar-refractivity contribution in [3.8, 4) is 16.3 Å². The minimum atomic E-state index is -0.500. The van der Waals surface area contributed by atoms with Gasteiger partial charge in [0.25, 0.3) is 0 Å². The smallest absolute Gasteiger partial charge is 0.310 e. The molecule has 3 aromatic rings. The summed E-state index contributed by atoms with van der Waals surface area (Å²) in [6.07, 6.45) is -0.00338. The van der Waals surface area contributed by atoms with E-state index in [1.54, 1.807) is 6.07 Å². The molecule has 128 valence electrons. The van der Waals surface area contributed by atoms with Crippen LogP contribution >= 0.6 is 11.3 Å². The Kier molecular flexibility index (Phi) is 5.40. The van der Waals surface area contributed by atoms with Gasteiger partial charge in [-0.05, 0) is 17.7 Å². The number of thiazole rings is 1. The first-order valence-corrected chi connectivity index (χ1v) is 8.51. The van der Waals surface area contributed by atoms with E-state index in [9.17, 15) is 9.18 Å². The number of hydrogen-bond acceptors (Lipinski definition) is 5. The van der Waals surface area contributed by atoms with E-state index in [4.69, 9.17) is 9.47 Å². The normalized spacial score (nSPS) is 10.5. The summed E-state index contributed by atoms with van der Waals surface area (Å²) in [4.78, 5) is 16.4. The number of halogens is 1. The molecular formula is C19H16FNO3S. The highest BCUT2D eigenvalue weighted by molar-refractivity contribution is 7.13. The van der Waals surface area contributed by atoms with Crippen LogP contribution in [-0.4, -0.2) is 18.1 Å². The third kappa shape index (κ3) is 4.42. The Bertz CT molecular complexity index is 864. The van der Waals surface area contributed by atoms with Gasteiger partial charge >= 0.3 is 5.97 Å². The molecular weight excluding hydrogens is 341 g/mol. The molecule has 0 aliphatic heterocycles. The lowest BCUT2D eigenvalue weighted by molar-refractivity contribution is -0.144. The van der Waals surface area contributed by atoms with Crippen molar-refractivity contribution in [1.29, 1.82) is 0 Å². The summed E-state index contributed by atoms with van der Waals surface area (Å²) in [5, 5.41) is 2.74. The number of hydrogen-bond donors (Lipinski definition) is 0. The average Bonchev–Trinajstić information content (AvgIpc) is 3.10. The lowest BCUT2D eigenvalue weighted by Gasteiger charge is -2.05. The molecule has 0 atom stereocenters. The largest absolute Gasteiger partial charge is 0.494 e. The fourth-order valence-electron chi connectivity index (χ4n) is 2.28. The van der Waals surface area contributed by atoms with Crippen LogP contribution in [0.5, 0.6) is 5.75 Å². The molecule has 0 bridgehead atoms. The van der Waals surface area contributed by atoms with E-state index >= 15 is 0 Å². The van der Waals surface area contributed by atoms with Crippen molar-refractivity contribution in [3.63, 3.8) is 0 Å². The molecule has 0 fully saturated rings. The van der Waals surface area contributed by atoms with Gasteiger partial charge in [0.2, 0.25) is 0 Å². The van der Waals surface area contributed by atoms with Crippen molar-refractivity contribution in [1.82, 2.24) is 4.98 Å². The Morgan fingerprint density at radius 2 is 2.00 bits per heavy atom. The van der Waals surface area contributed by atoms with E-state index < -0.39 is 11.8 Å². The van der Waals surface area contributed by atoms with Crippen molar-refractivity contribution in [2.24, 2.45) is 0 Å². The number of nitrogens with zero attached hydrogens (tertiary/aromatic N) is 1. The monoisotopic (exact) mass is 357 g/mol. The van der Waals surface area contributed by atoms with Gasteiger partial charge in [0.05, 0.1) is 19.2 Å². The number of benzene rings is 2. The zero-order chi connectivity index (χ0) is 17.6. The van der Waals surface area contributed by atoms with Crippen LogP contribution in [0.15, 0.2) is 53.9 Å². The molecule has 1 heterocycles. The van der Waals surface area contributed by atoms with Crippen LogP contribution in [0.25, 0.3) is 10.6 Å². The highest BCUT2D eigenvalue weighted by Gasteiger charge is 2.10. The molecule has 0 unspecified atom stereocenters. The number of esters is 1. The van der Waals surface area contributed by atoms with Gasteiger partial charge in [-0.2, -0.15) is 0 Å². The van der Waals surface area contributed by atoms with Gasteiger partial charge < -0.3 is 9.47 Å². The van der Waals surface area contributed by atoms with E-state index in [1.165, 1.54) is 30.6 Å². The fraction of sp³-hybridized carbons (Fsp3) is 0.158. The number of carbonyl (C=O) groups excluding carboxylic acids is 1. The van der Waals surface area contributed by atoms with Crippen LogP contribution in [0.2, 0.25) is 0 Å². The molecule has 0 aliphatic rings. The summed E-state index contributed by atoms with van der Waals surface area (Å²) in [6, 6.07) is 14.2. The summed E-state index contributed by atoms with van der Waals surface area (Å²) in [6.45, 7) is 0.0980. The van der Waals surface area contributed by atoms with Gasteiger partial charge in [-0.15, -0.1) is 11.3 Å². The maximum absolute atomic E-state index is 13.6. The molecule has 4 nitrogen and oxygen atoms in total. The maximum Gasteiger partial charge on any atom is 0.310 e. The Morgan fingerprint density at radius 3 is 2.72 bits per heavy atom. The van der Waals surface area contributed by atoms with Crippen molar-refractivity contribution < 1.29 is 18.7 Å². The molecule has 2 aromatic carbocycles. The molecule has 0 radical (unpaired) electrons. The third-order valence-corrected chi connectivity index (χ3v) is 4.46. The molecule has 0 amide bonds. The first kappa shape index (κ1) is 17.1. The molecule has 1 aromatic heterocycles. The van der Waals surface area contributed by atoms with E-state index in [0.29, 0.717) is 11.3 Å². The van der Waals surface area contributed by atoms with Gasteiger partial charge in [0.1, 0.15) is 11.6 Å². The molecule has 0 N–H and O–H groups in total. The van der Waals surface area contributed by atoms with Crippen molar-refractivity contribution in [2.45, 2.75) is 13.0 Å². The highest BCUT2D eigenvalue weighted by Crippen LogP contribution is 2.23.